The molecule has 1 atom stereocenters. The highest BCUT2D eigenvalue weighted by molar-refractivity contribution is 8.06. The van der Waals surface area contributed by atoms with Crippen LogP contribution in [0.1, 0.15) is 10.9 Å². The van der Waals surface area contributed by atoms with E-state index >= 15 is 0 Å². The Balaban J connectivity index is 2.15. The average Bonchev–Trinajstić information content (AvgIpc) is 2.90. The summed E-state index contributed by atoms with van der Waals surface area (Å²) in [5, 5.41) is 3.75. The number of hydrogen-bond acceptors (Lipinski definition) is 3. The number of fused-ring (bicyclic) bond motifs is 1. The van der Waals surface area contributed by atoms with Gasteiger partial charge in [0.2, 0.25) is 0 Å². The second-order valence-corrected chi connectivity index (χ2v) is 4.47. The Bertz CT molecular complexity index is 656. The predicted molar refractivity (Wildman–Crippen MR) is 62.9 cm³/mol. The zero-order chi connectivity index (χ0) is 11.0. The fourth-order valence-electron chi connectivity index (χ4n) is 1.83. The average molecular weight is 228 g/mol. The van der Waals surface area contributed by atoms with Crippen LogP contribution in [-0.4, -0.2) is 15.5 Å². The lowest BCUT2D eigenvalue weighted by Gasteiger charge is -2.12. The monoisotopic (exact) mass is 228 g/mol. The van der Waals surface area contributed by atoms with E-state index in [0.717, 1.165) is 10.9 Å². The van der Waals surface area contributed by atoms with Gasteiger partial charge in [0.25, 0.3) is 0 Å². The molecular weight excluding hydrogens is 220 g/mol. The smallest absolute Gasteiger partial charge is 0.134 e. The molecule has 1 unspecified atom stereocenters. The normalized spacial score (nSPS) is 17.6. The summed E-state index contributed by atoms with van der Waals surface area (Å²) < 4.78 is 2.07. The van der Waals surface area contributed by atoms with Crippen LogP contribution in [0.15, 0.2) is 36.8 Å². The number of pyridine rings is 1. The number of rotatable bonds is 1. The molecule has 4 heteroatoms. The van der Waals surface area contributed by atoms with Gasteiger partial charge in [0.1, 0.15) is 11.3 Å². The SMILES string of the molecule is O=C=c1ccn2c1=CSC2c1cccnc1. The minimum atomic E-state index is 0.186. The molecule has 0 N–H and O–H groups in total. The van der Waals surface area contributed by atoms with E-state index in [-0.39, 0.29) is 5.37 Å². The van der Waals surface area contributed by atoms with E-state index in [1.807, 2.05) is 35.9 Å². The molecule has 2 aromatic rings. The van der Waals surface area contributed by atoms with Crippen molar-refractivity contribution in [3.05, 3.63) is 52.9 Å². The Labute approximate surface area is 96.1 Å². The Morgan fingerprint density at radius 1 is 1.44 bits per heavy atom. The second kappa shape index (κ2) is 3.67. The highest BCUT2D eigenvalue weighted by Crippen LogP contribution is 2.32. The van der Waals surface area contributed by atoms with Crippen LogP contribution in [0.3, 0.4) is 0 Å². The van der Waals surface area contributed by atoms with Gasteiger partial charge in [0, 0.05) is 24.2 Å². The molecule has 3 rings (SSSR count). The van der Waals surface area contributed by atoms with E-state index in [2.05, 4.69) is 9.55 Å². The Kier molecular flexibility index (Phi) is 2.17. The van der Waals surface area contributed by atoms with Gasteiger partial charge in [0.05, 0.1) is 10.6 Å². The van der Waals surface area contributed by atoms with Crippen molar-refractivity contribution < 1.29 is 4.79 Å². The number of carbonyl (C=O) groups excluding carboxylic acids is 1. The van der Waals surface area contributed by atoms with Crippen molar-refractivity contribution in [1.82, 2.24) is 9.55 Å². The lowest BCUT2D eigenvalue weighted by molar-refractivity contribution is 0.567. The van der Waals surface area contributed by atoms with Crippen LogP contribution < -0.4 is 10.6 Å². The third kappa shape index (κ3) is 1.32. The van der Waals surface area contributed by atoms with Gasteiger partial charge >= 0.3 is 0 Å². The Morgan fingerprint density at radius 3 is 3.12 bits per heavy atom. The minimum absolute atomic E-state index is 0.186. The molecular formula is C12H8N2OS. The summed E-state index contributed by atoms with van der Waals surface area (Å²) in [4.78, 5) is 14.8. The Hall–Kier alpha value is -1.77. The zero-order valence-corrected chi connectivity index (χ0v) is 9.15. The molecule has 0 aromatic carbocycles. The van der Waals surface area contributed by atoms with Crippen LogP contribution in [0.5, 0.6) is 0 Å². The summed E-state index contributed by atoms with van der Waals surface area (Å²) in [6, 6.07) is 5.75. The lowest BCUT2D eigenvalue weighted by atomic mass is 10.3. The molecule has 0 spiro atoms. The van der Waals surface area contributed by atoms with Crippen LogP contribution >= 0.6 is 11.8 Å². The lowest BCUT2D eigenvalue weighted by Crippen LogP contribution is -2.27. The van der Waals surface area contributed by atoms with Crippen molar-refractivity contribution in [3.8, 4) is 0 Å². The summed E-state index contributed by atoms with van der Waals surface area (Å²) in [7, 11) is 0. The number of thioether (sulfide) groups is 1. The third-order valence-electron chi connectivity index (χ3n) is 2.60. The molecule has 16 heavy (non-hydrogen) atoms. The second-order valence-electron chi connectivity index (χ2n) is 3.52. The molecule has 0 radical (unpaired) electrons. The number of nitrogens with zero attached hydrogens (tertiary/aromatic N) is 2. The number of aromatic nitrogens is 2. The molecule has 1 aliphatic rings. The van der Waals surface area contributed by atoms with Crippen molar-refractivity contribution in [2.45, 2.75) is 5.37 Å². The van der Waals surface area contributed by atoms with Crippen molar-refractivity contribution in [2.24, 2.45) is 0 Å². The number of hydrogen-bond donors (Lipinski definition) is 0. The van der Waals surface area contributed by atoms with Crippen LogP contribution in [0.4, 0.5) is 0 Å². The molecule has 0 saturated heterocycles. The fraction of sp³-hybridized carbons (Fsp3) is 0.0833. The summed E-state index contributed by atoms with van der Waals surface area (Å²) in [6.45, 7) is 0. The highest BCUT2D eigenvalue weighted by Gasteiger charge is 2.19. The van der Waals surface area contributed by atoms with Crippen molar-refractivity contribution in [1.29, 1.82) is 0 Å². The van der Waals surface area contributed by atoms with E-state index in [1.165, 1.54) is 0 Å². The van der Waals surface area contributed by atoms with Gasteiger partial charge in [-0.05, 0) is 17.5 Å². The Morgan fingerprint density at radius 2 is 2.38 bits per heavy atom. The molecule has 3 heterocycles. The maximum atomic E-state index is 10.7. The highest BCUT2D eigenvalue weighted by atomic mass is 32.2. The van der Waals surface area contributed by atoms with Gasteiger partial charge in [-0.25, -0.2) is 4.79 Å². The molecule has 3 nitrogen and oxygen atoms in total. The standard InChI is InChI=1S/C12H8N2OS/c15-7-10-3-5-14-11(10)8-16-12(14)9-2-1-4-13-6-9/h1-6,8,12H. The van der Waals surface area contributed by atoms with E-state index < -0.39 is 0 Å². The van der Waals surface area contributed by atoms with Gasteiger partial charge < -0.3 is 4.57 Å². The van der Waals surface area contributed by atoms with Crippen molar-refractivity contribution in [2.75, 3.05) is 0 Å². The summed E-state index contributed by atoms with van der Waals surface area (Å²) in [5.74, 6) is 1.95. The zero-order valence-electron chi connectivity index (χ0n) is 8.33. The maximum absolute atomic E-state index is 10.7. The topological polar surface area (TPSA) is 34.9 Å². The van der Waals surface area contributed by atoms with Crippen molar-refractivity contribution in [3.63, 3.8) is 0 Å². The maximum Gasteiger partial charge on any atom is 0.134 e. The summed E-state index contributed by atoms with van der Waals surface area (Å²) in [6.07, 6.45) is 5.53. The summed E-state index contributed by atoms with van der Waals surface area (Å²) >= 11 is 1.68. The van der Waals surface area contributed by atoms with E-state index in [9.17, 15) is 4.79 Å². The molecule has 2 aromatic heterocycles. The first kappa shape index (κ1) is 9.46. The van der Waals surface area contributed by atoms with Gasteiger partial charge in [-0.2, -0.15) is 0 Å². The first-order valence-corrected chi connectivity index (χ1v) is 5.82. The van der Waals surface area contributed by atoms with Gasteiger partial charge in [-0.15, -0.1) is 11.8 Å². The van der Waals surface area contributed by atoms with E-state index in [0.29, 0.717) is 5.22 Å². The van der Waals surface area contributed by atoms with Crippen LogP contribution in [0, 0.1) is 0 Å². The van der Waals surface area contributed by atoms with E-state index in [1.54, 1.807) is 24.0 Å². The van der Waals surface area contributed by atoms with Gasteiger partial charge in [-0.3, -0.25) is 4.98 Å². The fourth-order valence-corrected chi connectivity index (χ4v) is 2.95. The van der Waals surface area contributed by atoms with Crippen LogP contribution in [0.2, 0.25) is 0 Å². The quantitative estimate of drug-likeness (QED) is 0.709. The first-order valence-electron chi connectivity index (χ1n) is 4.88. The van der Waals surface area contributed by atoms with Crippen molar-refractivity contribution >= 4 is 23.1 Å². The molecule has 78 valence electrons. The molecule has 0 aliphatic carbocycles. The van der Waals surface area contributed by atoms with Gasteiger partial charge in [-0.1, -0.05) is 6.07 Å². The molecule has 0 saturated carbocycles. The molecule has 0 fully saturated rings. The predicted octanol–water partition coefficient (Wildman–Crippen LogP) is 0.418. The molecule has 0 bridgehead atoms. The largest absolute Gasteiger partial charge is 0.329 e. The summed E-state index contributed by atoms with van der Waals surface area (Å²) in [5.41, 5.74) is 1.13. The molecule has 1 aliphatic heterocycles. The van der Waals surface area contributed by atoms with Crippen LogP contribution in [0.25, 0.3) is 5.41 Å². The van der Waals surface area contributed by atoms with Crippen LogP contribution in [-0.2, 0) is 4.79 Å². The van der Waals surface area contributed by atoms with E-state index in [4.69, 9.17) is 0 Å². The van der Waals surface area contributed by atoms with Gasteiger partial charge in [0.15, 0.2) is 0 Å². The molecule has 0 amide bonds. The first-order chi connectivity index (χ1) is 7.90. The minimum Gasteiger partial charge on any atom is -0.329 e. The third-order valence-corrected chi connectivity index (χ3v) is 3.71.